The quantitative estimate of drug-likeness (QED) is 0.738. The first-order valence-electron chi connectivity index (χ1n) is 8.35. The monoisotopic (exact) mass is 384 g/mol. The van der Waals surface area contributed by atoms with Crippen LogP contribution in [0.15, 0.2) is 24.7 Å². The number of halogens is 3. The molecule has 1 fully saturated rings. The van der Waals surface area contributed by atoms with Crippen LogP contribution >= 0.6 is 11.6 Å². The minimum Gasteiger partial charge on any atom is -0.415 e. The van der Waals surface area contributed by atoms with Gasteiger partial charge in [-0.1, -0.05) is 11.6 Å². The molecule has 0 aromatic carbocycles. The lowest BCUT2D eigenvalue weighted by molar-refractivity contribution is -0.0530. The van der Waals surface area contributed by atoms with Gasteiger partial charge in [0.2, 0.25) is 5.88 Å². The molecule has 2 N–H and O–H groups in total. The zero-order valence-corrected chi connectivity index (χ0v) is 14.7. The number of hydrogen-bond acceptors (Lipinski definition) is 6. The van der Waals surface area contributed by atoms with Crippen molar-refractivity contribution in [3.63, 3.8) is 0 Å². The number of alkyl halides is 2. The fourth-order valence-electron chi connectivity index (χ4n) is 3.07. The number of ether oxygens (including phenoxy) is 1. The van der Waals surface area contributed by atoms with E-state index in [-0.39, 0.29) is 18.5 Å². The number of aliphatic hydroxyl groups excluding tert-OH is 1. The van der Waals surface area contributed by atoms with E-state index in [4.69, 9.17) is 11.6 Å². The van der Waals surface area contributed by atoms with Gasteiger partial charge >= 0.3 is 6.61 Å². The van der Waals surface area contributed by atoms with Gasteiger partial charge in [0.05, 0.1) is 18.1 Å². The highest BCUT2D eigenvalue weighted by Crippen LogP contribution is 2.32. The van der Waals surface area contributed by atoms with Crippen molar-refractivity contribution in [1.82, 2.24) is 15.0 Å². The van der Waals surface area contributed by atoms with Crippen molar-refractivity contribution in [3.05, 3.63) is 29.8 Å². The smallest absolute Gasteiger partial charge is 0.388 e. The predicted molar refractivity (Wildman–Crippen MR) is 93.4 cm³/mol. The minimum atomic E-state index is -2.95. The molecule has 1 aliphatic carbocycles. The van der Waals surface area contributed by atoms with Crippen molar-refractivity contribution in [2.45, 2.75) is 38.3 Å². The van der Waals surface area contributed by atoms with Crippen molar-refractivity contribution >= 4 is 17.3 Å². The van der Waals surface area contributed by atoms with E-state index in [0.29, 0.717) is 22.3 Å². The Labute approximate surface area is 154 Å². The second-order valence-corrected chi connectivity index (χ2v) is 6.60. The fourth-order valence-corrected chi connectivity index (χ4v) is 3.23. The standard InChI is InChI=1S/C17H19ClF2N4O2/c18-15-5-13(24-11-3-1-10(9-25)2-4-11)12(6-22-15)14-7-23-16(8-21-14)26-17(19)20/h5-8,10-11,17,25H,1-4,9H2,(H,22,24). The molecule has 3 rings (SSSR count). The van der Waals surface area contributed by atoms with Crippen LogP contribution in [0.5, 0.6) is 5.88 Å². The Balaban J connectivity index is 1.77. The van der Waals surface area contributed by atoms with Gasteiger partial charge in [-0.25, -0.2) is 15.0 Å². The van der Waals surface area contributed by atoms with E-state index in [9.17, 15) is 13.9 Å². The molecule has 26 heavy (non-hydrogen) atoms. The van der Waals surface area contributed by atoms with Crippen molar-refractivity contribution in [1.29, 1.82) is 0 Å². The van der Waals surface area contributed by atoms with Gasteiger partial charge in [-0.15, -0.1) is 0 Å². The summed E-state index contributed by atoms with van der Waals surface area (Å²) in [7, 11) is 0. The highest BCUT2D eigenvalue weighted by Gasteiger charge is 2.22. The molecule has 0 atom stereocenters. The van der Waals surface area contributed by atoms with Crippen molar-refractivity contribution in [2.24, 2.45) is 5.92 Å². The Morgan fingerprint density at radius 1 is 1.15 bits per heavy atom. The van der Waals surface area contributed by atoms with Gasteiger partial charge in [0.1, 0.15) is 5.15 Å². The zero-order chi connectivity index (χ0) is 18.5. The summed E-state index contributed by atoms with van der Waals surface area (Å²) in [5.74, 6) is 0.115. The summed E-state index contributed by atoms with van der Waals surface area (Å²) in [6.45, 7) is -2.72. The van der Waals surface area contributed by atoms with Gasteiger partial charge in [0.15, 0.2) is 0 Å². The van der Waals surface area contributed by atoms with Crippen LogP contribution in [-0.4, -0.2) is 39.3 Å². The summed E-state index contributed by atoms with van der Waals surface area (Å²) in [6, 6.07) is 1.96. The van der Waals surface area contributed by atoms with E-state index in [1.54, 1.807) is 12.3 Å². The molecular weight excluding hydrogens is 366 g/mol. The molecule has 9 heteroatoms. The van der Waals surface area contributed by atoms with E-state index in [2.05, 4.69) is 25.0 Å². The highest BCUT2D eigenvalue weighted by atomic mass is 35.5. The topological polar surface area (TPSA) is 80.2 Å². The van der Waals surface area contributed by atoms with Crippen LogP contribution in [0.3, 0.4) is 0 Å². The number of nitrogens with zero attached hydrogens (tertiary/aromatic N) is 3. The first-order valence-corrected chi connectivity index (χ1v) is 8.73. The fraction of sp³-hybridized carbons (Fsp3) is 0.471. The summed E-state index contributed by atoms with van der Waals surface area (Å²) < 4.78 is 28.7. The molecule has 2 aromatic heterocycles. The first-order chi connectivity index (χ1) is 12.5. The van der Waals surface area contributed by atoms with E-state index in [1.165, 1.54) is 6.20 Å². The second kappa shape index (κ2) is 8.55. The normalized spacial score (nSPS) is 20.2. The Hall–Kier alpha value is -2.06. The average molecular weight is 385 g/mol. The van der Waals surface area contributed by atoms with Crippen LogP contribution in [0.25, 0.3) is 11.3 Å². The third-order valence-electron chi connectivity index (χ3n) is 4.45. The molecule has 1 saturated carbocycles. The molecule has 6 nitrogen and oxygen atoms in total. The van der Waals surface area contributed by atoms with Gasteiger partial charge in [-0.05, 0) is 37.7 Å². The van der Waals surface area contributed by atoms with Crippen LogP contribution in [0, 0.1) is 5.92 Å². The Bertz CT molecular complexity index is 725. The minimum absolute atomic E-state index is 0.224. The maximum atomic E-state index is 12.2. The zero-order valence-electron chi connectivity index (χ0n) is 13.9. The number of rotatable bonds is 6. The molecule has 0 bridgehead atoms. The number of aliphatic hydroxyl groups is 1. The SMILES string of the molecule is OCC1CCC(Nc2cc(Cl)ncc2-c2cnc(OC(F)F)cn2)CC1. The Morgan fingerprint density at radius 3 is 2.54 bits per heavy atom. The molecule has 0 spiro atoms. The predicted octanol–water partition coefficient (Wildman–Crippen LogP) is 3.76. The number of anilines is 1. The molecule has 0 unspecified atom stereocenters. The number of nitrogens with one attached hydrogen (secondary N) is 1. The average Bonchev–Trinajstić information content (AvgIpc) is 2.63. The van der Waals surface area contributed by atoms with Gasteiger partial charge in [-0.3, -0.25) is 0 Å². The molecule has 140 valence electrons. The Morgan fingerprint density at radius 2 is 1.92 bits per heavy atom. The number of hydrogen-bond donors (Lipinski definition) is 2. The van der Waals surface area contributed by atoms with E-state index in [0.717, 1.165) is 37.6 Å². The van der Waals surface area contributed by atoms with Gasteiger partial charge in [0, 0.05) is 30.1 Å². The van der Waals surface area contributed by atoms with Crippen LogP contribution < -0.4 is 10.1 Å². The number of aromatic nitrogens is 3. The largest absolute Gasteiger partial charge is 0.415 e. The molecule has 2 heterocycles. The lowest BCUT2D eigenvalue weighted by atomic mass is 9.86. The molecule has 2 aromatic rings. The number of pyridine rings is 1. The summed E-state index contributed by atoms with van der Waals surface area (Å²) in [4.78, 5) is 12.1. The van der Waals surface area contributed by atoms with E-state index in [1.807, 2.05) is 0 Å². The Kier molecular flexibility index (Phi) is 6.16. The molecular formula is C17H19ClF2N4O2. The van der Waals surface area contributed by atoms with Crippen LogP contribution in [0.1, 0.15) is 25.7 Å². The van der Waals surface area contributed by atoms with Crippen LogP contribution in [-0.2, 0) is 0 Å². The third kappa shape index (κ3) is 4.76. The first kappa shape index (κ1) is 18.7. The maximum absolute atomic E-state index is 12.2. The summed E-state index contributed by atoms with van der Waals surface area (Å²) in [5, 5.41) is 13.0. The van der Waals surface area contributed by atoms with Gasteiger partial charge in [-0.2, -0.15) is 8.78 Å². The second-order valence-electron chi connectivity index (χ2n) is 6.22. The van der Waals surface area contributed by atoms with E-state index < -0.39 is 6.61 Å². The maximum Gasteiger partial charge on any atom is 0.388 e. The highest BCUT2D eigenvalue weighted by molar-refractivity contribution is 6.29. The van der Waals surface area contributed by atoms with Crippen molar-refractivity contribution < 1.29 is 18.6 Å². The van der Waals surface area contributed by atoms with Gasteiger partial charge < -0.3 is 15.2 Å². The summed E-state index contributed by atoms with van der Waals surface area (Å²) in [6.07, 6.45) is 7.88. The molecule has 0 saturated heterocycles. The lowest BCUT2D eigenvalue weighted by Crippen LogP contribution is -2.27. The van der Waals surface area contributed by atoms with Crippen molar-refractivity contribution in [2.75, 3.05) is 11.9 Å². The summed E-state index contributed by atoms with van der Waals surface area (Å²) >= 11 is 6.03. The van der Waals surface area contributed by atoms with E-state index >= 15 is 0 Å². The van der Waals surface area contributed by atoms with Crippen LogP contribution in [0.2, 0.25) is 5.15 Å². The van der Waals surface area contributed by atoms with Crippen LogP contribution in [0.4, 0.5) is 14.5 Å². The third-order valence-corrected chi connectivity index (χ3v) is 4.66. The van der Waals surface area contributed by atoms with Crippen molar-refractivity contribution in [3.8, 4) is 17.1 Å². The van der Waals surface area contributed by atoms with Gasteiger partial charge in [0.25, 0.3) is 0 Å². The molecule has 0 aliphatic heterocycles. The molecule has 0 amide bonds. The summed E-state index contributed by atoms with van der Waals surface area (Å²) in [5.41, 5.74) is 1.91. The molecule has 0 radical (unpaired) electrons. The molecule has 1 aliphatic rings. The lowest BCUT2D eigenvalue weighted by Gasteiger charge is -2.29.